The molecule has 1 N–H and O–H groups in total. The second kappa shape index (κ2) is 6.65. The van der Waals surface area contributed by atoms with Crippen molar-refractivity contribution in [2.45, 2.75) is 45.2 Å². The van der Waals surface area contributed by atoms with E-state index in [0.717, 1.165) is 30.4 Å². The third-order valence-electron chi connectivity index (χ3n) is 5.18. The molecule has 0 saturated heterocycles. The summed E-state index contributed by atoms with van der Waals surface area (Å²) in [6.07, 6.45) is 4.93. The lowest BCUT2D eigenvalue weighted by Crippen LogP contribution is -2.43. The molecule has 1 saturated carbocycles. The Labute approximate surface area is 153 Å². The summed E-state index contributed by atoms with van der Waals surface area (Å²) in [5, 5.41) is 3.24. The fourth-order valence-electron chi connectivity index (χ4n) is 3.43. The SMILES string of the molecule is CCc1cccc(-c2cnc3c(c2)N(C(=O)CNC2CC2)C(C)C3=O)c1. The van der Waals surface area contributed by atoms with Crippen LogP contribution >= 0.6 is 0 Å². The van der Waals surface area contributed by atoms with Crippen molar-refractivity contribution in [2.24, 2.45) is 0 Å². The largest absolute Gasteiger partial charge is 0.306 e. The van der Waals surface area contributed by atoms with Crippen LogP contribution < -0.4 is 10.2 Å². The van der Waals surface area contributed by atoms with Crippen LogP contribution in [0.2, 0.25) is 0 Å². The maximum absolute atomic E-state index is 12.7. The molecule has 1 fully saturated rings. The van der Waals surface area contributed by atoms with E-state index >= 15 is 0 Å². The summed E-state index contributed by atoms with van der Waals surface area (Å²) in [6, 6.07) is 10.2. The number of Topliss-reactive ketones (excluding diaryl/α,β-unsaturated/α-hetero) is 1. The number of anilines is 1. The molecule has 26 heavy (non-hydrogen) atoms. The van der Waals surface area contributed by atoms with Gasteiger partial charge >= 0.3 is 0 Å². The second-order valence-corrected chi connectivity index (χ2v) is 7.10. The summed E-state index contributed by atoms with van der Waals surface area (Å²) in [5.41, 5.74) is 4.25. The number of rotatable bonds is 5. The van der Waals surface area contributed by atoms with Crippen LogP contribution in [0, 0.1) is 0 Å². The molecule has 134 valence electrons. The quantitative estimate of drug-likeness (QED) is 0.901. The average molecular weight is 349 g/mol. The summed E-state index contributed by atoms with van der Waals surface area (Å²) in [7, 11) is 0. The molecule has 0 radical (unpaired) electrons. The normalized spacial score (nSPS) is 18.9. The van der Waals surface area contributed by atoms with Gasteiger partial charge in [-0.05, 0) is 43.4 Å². The van der Waals surface area contributed by atoms with Crippen molar-refractivity contribution in [1.29, 1.82) is 0 Å². The molecule has 1 aliphatic heterocycles. The van der Waals surface area contributed by atoms with Crippen molar-refractivity contribution >= 4 is 17.4 Å². The number of benzene rings is 1. The number of nitrogens with zero attached hydrogens (tertiary/aromatic N) is 2. The number of amides is 1. The molecular formula is C21H23N3O2. The lowest BCUT2D eigenvalue weighted by atomic mass is 10.0. The van der Waals surface area contributed by atoms with Crippen molar-refractivity contribution in [2.75, 3.05) is 11.4 Å². The van der Waals surface area contributed by atoms with Gasteiger partial charge in [0.15, 0.2) is 0 Å². The molecule has 4 rings (SSSR count). The highest BCUT2D eigenvalue weighted by atomic mass is 16.2. The van der Waals surface area contributed by atoms with Crippen molar-refractivity contribution in [1.82, 2.24) is 10.3 Å². The third kappa shape index (κ3) is 3.03. The Morgan fingerprint density at radius 1 is 1.27 bits per heavy atom. The number of pyridine rings is 1. The van der Waals surface area contributed by atoms with E-state index in [0.29, 0.717) is 17.4 Å². The molecule has 2 aromatic rings. The first-order chi connectivity index (χ1) is 12.6. The molecule has 5 nitrogen and oxygen atoms in total. The van der Waals surface area contributed by atoms with Crippen LogP contribution in [0.3, 0.4) is 0 Å². The van der Waals surface area contributed by atoms with E-state index in [-0.39, 0.29) is 18.2 Å². The zero-order valence-electron chi connectivity index (χ0n) is 15.2. The Kier molecular flexibility index (Phi) is 4.32. The molecule has 1 unspecified atom stereocenters. The molecule has 0 bridgehead atoms. The molecule has 1 aromatic carbocycles. The lowest BCUT2D eigenvalue weighted by molar-refractivity contribution is -0.118. The van der Waals surface area contributed by atoms with Gasteiger partial charge in [0.05, 0.1) is 18.3 Å². The number of fused-ring (bicyclic) bond motifs is 1. The van der Waals surface area contributed by atoms with Gasteiger partial charge in [-0.3, -0.25) is 19.5 Å². The Bertz CT molecular complexity index is 873. The summed E-state index contributed by atoms with van der Waals surface area (Å²) < 4.78 is 0. The van der Waals surface area contributed by atoms with Gasteiger partial charge in [0.1, 0.15) is 5.69 Å². The molecule has 1 atom stereocenters. The molecule has 1 amide bonds. The first-order valence-electron chi connectivity index (χ1n) is 9.27. The number of carbonyl (C=O) groups is 2. The molecule has 2 heterocycles. The van der Waals surface area contributed by atoms with E-state index in [4.69, 9.17) is 0 Å². The number of nitrogens with one attached hydrogen (secondary N) is 1. The van der Waals surface area contributed by atoms with E-state index in [1.54, 1.807) is 18.0 Å². The summed E-state index contributed by atoms with van der Waals surface area (Å²) in [5.74, 6) is -0.161. The molecule has 1 aromatic heterocycles. The van der Waals surface area contributed by atoms with E-state index in [1.807, 2.05) is 18.2 Å². The van der Waals surface area contributed by atoms with Gasteiger partial charge in [-0.1, -0.05) is 31.2 Å². The minimum Gasteiger partial charge on any atom is -0.306 e. The monoisotopic (exact) mass is 349 g/mol. The number of aryl methyl sites for hydroxylation is 1. The van der Waals surface area contributed by atoms with Gasteiger partial charge in [-0.15, -0.1) is 0 Å². The number of hydrogen-bond acceptors (Lipinski definition) is 4. The van der Waals surface area contributed by atoms with Crippen LogP contribution in [0.15, 0.2) is 36.5 Å². The molecule has 2 aliphatic rings. The van der Waals surface area contributed by atoms with Crippen molar-refractivity contribution in [3.63, 3.8) is 0 Å². The van der Waals surface area contributed by atoms with Crippen molar-refractivity contribution < 1.29 is 9.59 Å². The van der Waals surface area contributed by atoms with Crippen LogP contribution in [-0.4, -0.2) is 35.3 Å². The van der Waals surface area contributed by atoms with E-state index < -0.39 is 6.04 Å². The van der Waals surface area contributed by atoms with Crippen LogP contribution in [-0.2, 0) is 11.2 Å². The fourth-order valence-corrected chi connectivity index (χ4v) is 3.43. The molecular weight excluding hydrogens is 326 g/mol. The fraction of sp³-hybridized carbons (Fsp3) is 0.381. The highest BCUT2D eigenvalue weighted by Gasteiger charge is 2.39. The number of carbonyl (C=O) groups excluding carboxylic acids is 2. The van der Waals surface area contributed by atoms with Gasteiger partial charge in [-0.2, -0.15) is 0 Å². The Morgan fingerprint density at radius 2 is 2.08 bits per heavy atom. The lowest BCUT2D eigenvalue weighted by Gasteiger charge is -2.22. The number of hydrogen-bond donors (Lipinski definition) is 1. The summed E-state index contributed by atoms with van der Waals surface area (Å²) in [6.45, 7) is 4.15. The number of ketones is 1. The van der Waals surface area contributed by atoms with Crippen LogP contribution in [0.5, 0.6) is 0 Å². The van der Waals surface area contributed by atoms with E-state index in [2.05, 4.69) is 29.4 Å². The summed E-state index contributed by atoms with van der Waals surface area (Å²) >= 11 is 0. The first kappa shape index (κ1) is 16.9. The van der Waals surface area contributed by atoms with Crippen LogP contribution in [0.25, 0.3) is 11.1 Å². The topological polar surface area (TPSA) is 62.3 Å². The Hall–Kier alpha value is -2.53. The van der Waals surface area contributed by atoms with Crippen LogP contribution in [0.4, 0.5) is 5.69 Å². The average Bonchev–Trinajstić information content (AvgIpc) is 3.46. The van der Waals surface area contributed by atoms with Gasteiger partial charge in [-0.25, -0.2) is 0 Å². The van der Waals surface area contributed by atoms with Crippen molar-refractivity contribution in [3.05, 3.63) is 47.8 Å². The maximum Gasteiger partial charge on any atom is 0.241 e. The van der Waals surface area contributed by atoms with Gasteiger partial charge in [0, 0.05) is 17.8 Å². The molecule has 1 aliphatic carbocycles. The van der Waals surface area contributed by atoms with Gasteiger partial charge < -0.3 is 5.32 Å². The van der Waals surface area contributed by atoms with Gasteiger partial charge in [0.25, 0.3) is 0 Å². The Morgan fingerprint density at radius 3 is 2.81 bits per heavy atom. The predicted octanol–water partition coefficient (Wildman–Crippen LogP) is 2.98. The van der Waals surface area contributed by atoms with Gasteiger partial charge in [0.2, 0.25) is 11.7 Å². The standard InChI is InChI=1S/C21H23N3O2/c1-3-14-5-4-6-15(9-14)16-10-18-20(23-11-16)21(26)13(2)24(18)19(25)12-22-17-7-8-17/h4-6,9-11,13,17,22H,3,7-8,12H2,1-2H3. The Balaban J connectivity index is 1.67. The zero-order chi connectivity index (χ0) is 18.3. The highest BCUT2D eigenvalue weighted by molar-refractivity contribution is 6.17. The van der Waals surface area contributed by atoms with Crippen molar-refractivity contribution in [3.8, 4) is 11.1 Å². The third-order valence-corrected chi connectivity index (χ3v) is 5.18. The second-order valence-electron chi connectivity index (χ2n) is 7.10. The summed E-state index contributed by atoms with van der Waals surface area (Å²) in [4.78, 5) is 31.3. The van der Waals surface area contributed by atoms with E-state index in [9.17, 15) is 9.59 Å². The smallest absolute Gasteiger partial charge is 0.241 e. The van der Waals surface area contributed by atoms with E-state index in [1.165, 1.54) is 5.56 Å². The minimum absolute atomic E-state index is 0.0715. The maximum atomic E-state index is 12.7. The predicted molar refractivity (Wildman–Crippen MR) is 101 cm³/mol. The highest BCUT2D eigenvalue weighted by Crippen LogP contribution is 2.34. The molecule has 5 heteroatoms. The van der Waals surface area contributed by atoms with Crippen LogP contribution in [0.1, 0.15) is 42.7 Å². The number of aromatic nitrogens is 1. The minimum atomic E-state index is -0.497. The molecule has 0 spiro atoms. The zero-order valence-corrected chi connectivity index (χ0v) is 15.2. The first-order valence-corrected chi connectivity index (χ1v) is 9.27.